The molecule has 1 aromatic carbocycles. The van der Waals surface area contributed by atoms with Crippen LogP contribution in [0.5, 0.6) is 0 Å². The van der Waals surface area contributed by atoms with Gasteiger partial charge in [0.1, 0.15) is 6.33 Å². The number of benzene rings is 1. The molecule has 0 saturated carbocycles. The van der Waals surface area contributed by atoms with Crippen LogP contribution in [0.3, 0.4) is 0 Å². The molecule has 2 rings (SSSR count). The first-order valence-electron chi connectivity index (χ1n) is 6.49. The van der Waals surface area contributed by atoms with Crippen LogP contribution in [-0.4, -0.2) is 26.8 Å². The normalized spacial score (nSPS) is 10.6. The van der Waals surface area contributed by atoms with Gasteiger partial charge in [-0.15, -0.1) is 0 Å². The molecule has 0 saturated heterocycles. The van der Waals surface area contributed by atoms with Crippen LogP contribution in [0.15, 0.2) is 43.0 Å². The molecule has 0 fully saturated rings. The summed E-state index contributed by atoms with van der Waals surface area (Å²) in [5.41, 5.74) is 8.05. The van der Waals surface area contributed by atoms with E-state index in [1.807, 2.05) is 38.1 Å². The molecular weight excluding hydrogens is 252 g/mol. The Morgan fingerprint density at radius 3 is 2.50 bits per heavy atom. The SMILES string of the molecule is CC(C)N(Cc1ccccc1N)C(=O)c1cncnc1. The van der Waals surface area contributed by atoms with Crippen molar-refractivity contribution in [1.29, 1.82) is 0 Å². The van der Waals surface area contributed by atoms with Gasteiger partial charge in [-0.05, 0) is 25.5 Å². The topological polar surface area (TPSA) is 72.1 Å². The van der Waals surface area contributed by atoms with Crippen molar-refractivity contribution in [2.24, 2.45) is 0 Å². The number of nitrogen functional groups attached to an aromatic ring is 1. The zero-order chi connectivity index (χ0) is 14.5. The maximum absolute atomic E-state index is 12.5. The molecule has 2 N–H and O–H groups in total. The fourth-order valence-electron chi connectivity index (χ4n) is 1.93. The van der Waals surface area contributed by atoms with Crippen LogP contribution in [0.2, 0.25) is 0 Å². The molecular formula is C15H18N4O. The first kappa shape index (κ1) is 14.0. The summed E-state index contributed by atoms with van der Waals surface area (Å²) >= 11 is 0. The molecule has 1 amide bonds. The van der Waals surface area contributed by atoms with Crippen LogP contribution in [0.4, 0.5) is 5.69 Å². The number of carbonyl (C=O) groups is 1. The van der Waals surface area contributed by atoms with Gasteiger partial charge < -0.3 is 10.6 Å². The molecule has 0 aliphatic heterocycles. The average Bonchev–Trinajstić information content (AvgIpc) is 2.46. The second-order valence-corrected chi connectivity index (χ2v) is 4.85. The van der Waals surface area contributed by atoms with Gasteiger partial charge in [-0.1, -0.05) is 18.2 Å². The van der Waals surface area contributed by atoms with E-state index in [0.717, 1.165) is 5.56 Å². The molecule has 0 aliphatic rings. The van der Waals surface area contributed by atoms with Gasteiger partial charge in [0.25, 0.3) is 5.91 Å². The average molecular weight is 270 g/mol. The third kappa shape index (κ3) is 3.12. The van der Waals surface area contributed by atoms with Crippen molar-refractivity contribution >= 4 is 11.6 Å². The van der Waals surface area contributed by atoms with Crippen molar-refractivity contribution in [2.45, 2.75) is 26.4 Å². The van der Waals surface area contributed by atoms with E-state index >= 15 is 0 Å². The van der Waals surface area contributed by atoms with Crippen LogP contribution < -0.4 is 5.73 Å². The molecule has 0 atom stereocenters. The molecule has 5 nitrogen and oxygen atoms in total. The summed E-state index contributed by atoms with van der Waals surface area (Å²) in [5.74, 6) is -0.0937. The van der Waals surface area contributed by atoms with Crippen LogP contribution in [0.25, 0.3) is 0 Å². The predicted octanol–water partition coefficient (Wildman–Crippen LogP) is 2.11. The number of nitrogens with zero attached hydrogens (tertiary/aromatic N) is 3. The minimum atomic E-state index is -0.0937. The van der Waals surface area contributed by atoms with Gasteiger partial charge in [0, 0.05) is 30.7 Å². The van der Waals surface area contributed by atoms with E-state index in [2.05, 4.69) is 9.97 Å². The summed E-state index contributed by atoms with van der Waals surface area (Å²) in [6.45, 7) is 4.42. The molecule has 104 valence electrons. The number of aromatic nitrogens is 2. The summed E-state index contributed by atoms with van der Waals surface area (Å²) in [6, 6.07) is 7.62. The second kappa shape index (κ2) is 6.14. The summed E-state index contributed by atoms with van der Waals surface area (Å²) in [5, 5.41) is 0. The number of anilines is 1. The number of hydrogen-bond acceptors (Lipinski definition) is 4. The van der Waals surface area contributed by atoms with E-state index in [0.29, 0.717) is 17.8 Å². The largest absolute Gasteiger partial charge is 0.398 e. The summed E-state index contributed by atoms with van der Waals surface area (Å²) in [7, 11) is 0. The monoisotopic (exact) mass is 270 g/mol. The highest BCUT2D eigenvalue weighted by Gasteiger charge is 2.20. The summed E-state index contributed by atoms with van der Waals surface area (Å²) < 4.78 is 0. The van der Waals surface area contributed by atoms with Crippen molar-refractivity contribution < 1.29 is 4.79 Å². The third-order valence-electron chi connectivity index (χ3n) is 3.09. The van der Waals surface area contributed by atoms with E-state index in [9.17, 15) is 4.79 Å². The highest BCUT2D eigenvalue weighted by Crippen LogP contribution is 2.17. The zero-order valence-electron chi connectivity index (χ0n) is 11.7. The minimum absolute atomic E-state index is 0.0577. The minimum Gasteiger partial charge on any atom is -0.398 e. The van der Waals surface area contributed by atoms with Crippen LogP contribution in [-0.2, 0) is 6.54 Å². The highest BCUT2D eigenvalue weighted by molar-refractivity contribution is 5.93. The van der Waals surface area contributed by atoms with Crippen molar-refractivity contribution in [1.82, 2.24) is 14.9 Å². The Hall–Kier alpha value is -2.43. The standard InChI is InChI=1S/C15H18N4O/c1-11(2)19(9-12-5-3-4-6-14(12)16)15(20)13-7-17-10-18-8-13/h3-8,10-11H,9,16H2,1-2H3. The fourth-order valence-corrected chi connectivity index (χ4v) is 1.93. The molecule has 5 heteroatoms. The molecule has 0 radical (unpaired) electrons. The Bertz CT molecular complexity index is 583. The predicted molar refractivity (Wildman–Crippen MR) is 77.9 cm³/mol. The molecule has 2 aromatic rings. The Morgan fingerprint density at radius 1 is 1.25 bits per heavy atom. The molecule has 1 aromatic heterocycles. The molecule has 20 heavy (non-hydrogen) atoms. The van der Waals surface area contributed by atoms with E-state index in [1.165, 1.54) is 18.7 Å². The smallest absolute Gasteiger partial charge is 0.257 e. The number of hydrogen-bond donors (Lipinski definition) is 1. The second-order valence-electron chi connectivity index (χ2n) is 4.85. The Kier molecular flexibility index (Phi) is 4.30. The van der Waals surface area contributed by atoms with Crippen molar-refractivity contribution in [2.75, 3.05) is 5.73 Å². The van der Waals surface area contributed by atoms with Crippen molar-refractivity contribution in [3.05, 3.63) is 54.1 Å². The quantitative estimate of drug-likeness (QED) is 0.864. The first-order valence-corrected chi connectivity index (χ1v) is 6.49. The van der Waals surface area contributed by atoms with Crippen molar-refractivity contribution in [3.8, 4) is 0 Å². The molecule has 1 heterocycles. The number of carbonyl (C=O) groups excluding carboxylic acids is 1. The van der Waals surface area contributed by atoms with Gasteiger partial charge in [0.15, 0.2) is 0 Å². The van der Waals surface area contributed by atoms with E-state index in [-0.39, 0.29) is 11.9 Å². The molecule has 0 spiro atoms. The maximum atomic E-state index is 12.5. The lowest BCUT2D eigenvalue weighted by Crippen LogP contribution is -2.36. The number of nitrogens with two attached hydrogens (primary N) is 1. The highest BCUT2D eigenvalue weighted by atomic mass is 16.2. The van der Waals surface area contributed by atoms with E-state index in [4.69, 9.17) is 5.73 Å². The number of para-hydroxylation sites is 1. The lowest BCUT2D eigenvalue weighted by Gasteiger charge is -2.27. The Balaban J connectivity index is 2.24. The number of rotatable bonds is 4. The molecule has 0 bridgehead atoms. The van der Waals surface area contributed by atoms with Crippen molar-refractivity contribution in [3.63, 3.8) is 0 Å². The Labute approximate surface area is 118 Å². The van der Waals surface area contributed by atoms with Gasteiger partial charge in [0.2, 0.25) is 0 Å². The Morgan fingerprint density at radius 2 is 1.90 bits per heavy atom. The maximum Gasteiger partial charge on any atom is 0.257 e. The first-order chi connectivity index (χ1) is 9.59. The van der Waals surface area contributed by atoms with Gasteiger partial charge >= 0.3 is 0 Å². The lowest BCUT2D eigenvalue weighted by molar-refractivity contribution is 0.0690. The van der Waals surface area contributed by atoms with E-state index in [1.54, 1.807) is 4.90 Å². The summed E-state index contributed by atoms with van der Waals surface area (Å²) in [4.78, 5) is 22.0. The van der Waals surface area contributed by atoms with Gasteiger partial charge in [-0.3, -0.25) is 4.79 Å². The third-order valence-corrected chi connectivity index (χ3v) is 3.09. The van der Waals surface area contributed by atoms with Gasteiger partial charge in [0.05, 0.1) is 5.56 Å². The van der Waals surface area contributed by atoms with Crippen LogP contribution in [0, 0.1) is 0 Å². The number of amides is 1. The zero-order valence-corrected chi connectivity index (χ0v) is 11.7. The van der Waals surface area contributed by atoms with Gasteiger partial charge in [-0.2, -0.15) is 0 Å². The van der Waals surface area contributed by atoms with Crippen LogP contribution >= 0.6 is 0 Å². The van der Waals surface area contributed by atoms with E-state index < -0.39 is 0 Å². The fraction of sp³-hybridized carbons (Fsp3) is 0.267. The molecule has 0 aliphatic carbocycles. The molecule has 0 unspecified atom stereocenters. The summed E-state index contributed by atoms with van der Waals surface area (Å²) in [6.07, 6.45) is 4.46. The van der Waals surface area contributed by atoms with Gasteiger partial charge in [-0.25, -0.2) is 9.97 Å². The lowest BCUT2D eigenvalue weighted by atomic mass is 10.1. The van der Waals surface area contributed by atoms with Crippen LogP contribution in [0.1, 0.15) is 29.8 Å².